The molecule has 1 unspecified atom stereocenters. The Bertz CT molecular complexity index is 441. The molecule has 1 atom stereocenters. The minimum atomic E-state index is 0.186. The highest BCUT2D eigenvalue weighted by Gasteiger charge is 2.11. The SMILES string of the molecule is CCC(Nc1cncc(Br)c1)c1ncc[nH]1. The Kier molecular flexibility index (Phi) is 3.56. The van der Waals surface area contributed by atoms with Crippen LogP contribution in [0.25, 0.3) is 0 Å². The molecule has 0 spiro atoms. The van der Waals surface area contributed by atoms with Crippen LogP contribution in [0.5, 0.6) is 0 Å². The zero-order valence-electron chi connectivity index (χ0n) is 8.94. The number of hydrogen-bond donors (Lipinski definition) is 2. The van der Waals surface area contributed by atoms with Gasteiger partial charge in [-0.05, 0) is 28.4 Å². The van der Waals surface area contributed by atoms with Gasteiger partial charge in [-0.2, -0.15) is 0 Å². The summed E-state index contributed by atoms with van der Waals surface area (Å²) in [7, 11) is 0. The maximum absolute atomic E-state index is 4.26. The number of pyridine rings is 1. The van der Waals surface area contributed by atoms with Gasteiger partial charge >= 0.3 is 0 Å². The lowest BCUT2D eigenvalue weighted by atomic mass is 10.2. The molecular formula is C11H13BrN4. The summed E-state index contributed by atoms with van der Waals surface area (Å²) >= 11 is 3.40. The highest BCUT2D eigenvalue weighted by Crippen LogP contribution is 2.21. The molecule has 84 valence electrons. The first-order chi connectivity index (χ1) is 7.79. The molecule has 0 aliphatic heterocycles. The lowest BCUT2D eigenvalue weighted by Crippen LogP contribution is -2.11. The van der Waals surface area contributed by atoms with Gasteiger partial charge in [0, 0.05) is 23.1 Å². The fourth-order valence-electron chi connectivity index (χ4n) is 1.52. The van der Waals surface area contributed by atoms with Crippen molar-refractivity contribution in [1.82, 2.24) is 15.0 Å². The zero-order chi connectivity index (χ0) is 11.4. The summed E-state index contributed by atoms with van der Waals surface area (Å²) < 4.78 is 0.965. The lowest BCUT2D eigenvalue weighted by Gasteiger charge is -2.15. The number of aromatic amines is 1. The minimum Gasteiger partial charge on any atom is -0.374 e. The molecule has 0 saturated carbocycles. The monoisotopic (exact) mass is 280 g/mol. The number of aromatic nitrogens is 3. The van der Waals surface area contributed by atoms with Crippen molar-refractivity contribution in [2.75, 3.05) is 5.32 Å². The largest absolute Gasteiger partial charge is 0.374 e. The van der Waals surface area contributed by atoms with Crippen molar-refractivity contribution in [3.05, 3.63) is 41.2 Å². The van der Waals surface area contributed by atoms with Crippen molar-refractivity contribution < 1.29 is 0 Å². The van der Waals surface area contributed by atoms with Crippen molar-refractivity contribution in [2.24, 2.45) is 0 Å². The molecular weight excluding hydrogens is 268 g/mol. The van der Waals surface area contributed by atoms with Crippen molar-refractivity contribution >= 4 is 21.6 Å². The average molecular weight is 281 g/mol. The minimum absolute atomic E-state index is 0.186. The first kappa shape index (κ1) is 11.1. The number of anilines is 1. The van der Waals surface area contributed by atoms with Crippen LogP contribution in [0.4, 0.5) is 5.69 Å². The second-order valence-electron chi connectivity index (χ2n) is 3.47. The van der Waals surface area contributed by atoms with E-state index in [4.69, 9.17) is 0 Å². The number of rotatable bonds is 4. The summed E-state index contributed by atoms with van der Waals surface area (Å²) in [5.74, 6) is 0.947. The molecule has 2 aromatic heterocycles. The Morgan fingerprint density at radius 1 is 1.50 bits per heavy atom. The quantitative estimate of drug-likeness (QED) is 0.905. The van der Waals surface area contributed by atoms with Crippen LogP contribution in [0.3, 0.4) is 0 Å². The topological polar surface area (TPSA) is 53.6 Å². The van der Waals surface area contributed by atoms with Gasteiger partial charge in [0.2, 0.25) is 0 Å². The number of imidazole rings is 1. The molecule has 5 heteroatoms. The maximum Gasteiger partial charge on any atom is 0.128 e. The maximum atomic E-state index is 4.26. The second kappa shape index (κ2) is 5.12. The summed E-state index contributed by atoms with van der Waals surface area (Å²) in [6.45, 7) is 2.12. The number of nitrogens with zero attached hydrogens (tertiary/aromatic N) is 2. The zero-order valence-corrected chi connectivity index (χ0v) is 10.5. The molecule has 0 fully saturated rings. The standard InChI is InChI=1S/C11H13BrN4/c1-2-10(11-14-3-4-15-11)16-9-5-8(12)6-13-7-9/h3-7,10,16H,2H2,1H3,(H,14,15). The molecule has 0 amide bonds. The van der Waals surface area contributed by atoms with Gasteiger partial charge in [0.25, 0.3) is 0 Å². The lowest BCUT2D eigenvalue weighted by molar-refractivity contribution is 0.703. The van der Waals surface area contributed by atoms with Crippen LogP contribution < -0.4 is 5.32 Å². The summed E-state index contributed by atoms with van der Waals surface area (Å²) in [5.41, 5.74) is 0.984. The fraction of sp³-hybridized carbons (Fsp3) is 0.273. The van der Waals surface area contributed by atoms with Gasteiger partial charge in [0.05, 0.1) is 17.9 Å². The summed E-state index contributed by atoms with van der Waals surface area (Å²) in [4.78, 5) is 11.5. The Labute approximate surface area is 103 Å². The smallest absolute Gasteiger partial charge is 0.128 e. The predicted molar refractivity (Wildman–Crippen MR) is 67.2 cm³/mol. The molecule has 4 nitrogen and oxygen atoms in total. The van der Waals surface area contributed by atoms with E-state index in [-0.39, 0.29) is 6.04 Å². The summed E-state index contributed by atoms with van der Waals surface area (Å²) in [6, 6.07) is 2.18. The van der Waals surface area contributed by atoms with E-state index in [1.54, 1.807) is 18.6 Å². The molecule has 0 radical (unpaired) electrons. The Hall–Kier alpha value is -1.36. The van der Waals surface area contributed by atoms with Crippen LogP contribution in [-0.4, -0.2) is 15.0 Å². The third-order valence-electron chi connectivity index (χ3n) is 2.30. The predicted octanol–water partition coefficient (Wildman–Crippen LogP) is 3.13. The number of halogens is 1. The van der Waals surface area contributed by atoms with Gasteiger partial charge in [-0.3, -0.25) is 4.98 Å². The van der Waals surface area contributed by atoms with Gasteiger partial charge in [-0.25, -0.2) is 4.98 Å². The third kappa shape index (κ3) is 2.61. The highest BCUT2D eigenvalue weighted by molar-refractivity contribution is 9.10. The molecule has 2 aromatic rings. The van der Waals surface area contributed by atoms with Crippen LogP contribution in [0.1, 0.15) is 25.2 Å². The summed E-state index contributed by atoms with van der Waals surface area (Å²) in [6.07, 6.45) is 8.12. The molecule has 0 aromatic carbocycles. The van der Waals surface area contributed by atoms with E-state index in [1.165, 1.54) is 0 Å². The number of hydrogen-bond acceptors (Lipinski definition) is 3. The molecule has 0 aliphatic carbocycles. The molecule has 0 bridgehead atoms. The van der Waals surface area contributed by atoms with Crippen LogP contribution in [0.15, 0.2) is 35.3 Å². The van der Waals surface area contributed by atoms with Crippen LogP contribution in [0.2, 0.25) is 0 Å². The van der Waals surface area contributed by atoms with Crippen LogP contribution >= 0.6 is 15.9 Å². The number of H-pyrrole nitrogens is 1. The highest BCUT2D eigenvalue weighted by atomic mass is 79.9. The molecule has 2 heterocycles. The second-order valence-corrected chi connectivity index (χ2v) is 4.39. The van der Waals surface area contributed by atoms with Gasteiger partial charge in [-0.1, -0.05) is 6.92 Å². The van der Waals surface area contributed by atoms with E-state index in [1.807, 2.05) is 12.3 Å². The Morgan fingerprint density at radius 2 is 2.38 bits per heavy atom. The van der Waals surface area contributed by atoms with Crippen LogP contribution in [-0.2, 0) is 0 Å². The van der Waals surface area contributed by atoms with Gasteiger partial charge in [0.15, 0.2) is 0 Å². The molecule has 2 N–H and O–H groups in total. The fourth-order valence-corrected chi connectivity index (χ4v) is 1.89. The Balaban J connectivity index is 2.13. The van der Waals surface area contributed by atoms with Gasteiger partial charge in [0.1, 0.15) is 5.82 Å². The number of nitrogens with one attached hydrogen (secondary N) is 2. The van der Waals surface area contributed by atoms with Crippen LogP contribution in [0, 0.1) is 0 Å². The molecule has 0 aliphatic rings. The van der Waals surface area contributed by atoms with E-state index in [0.717, 1.165) is 22.4 Å². The molecule has 16 heavy (non-hydrogen) atoms. The molecule has 2 rings (SSSR count). The third-order valence-corrected chi connectivity index (χ3v) is 2.74. The van der Waals surface area contributed by atoms with Gasteiger partial charge < -0.3 is 10.3 Å². The van der Waals surface area contributed by atoms with Crippen molar-refractivity contribution in [2.45, 2.75) is 19.4 Å². The van der Waals surface area contributed by atoms with Crippen molar-refractivity contribution in [3.63, 3.8) is 0 Å². The molecule has 0 saturated heterocycles. The normalized spacial score (nSPS) is 12.4. The summed E-state index contributed by atoms with van der Waals surface area (Å²) in [5, 5.41) is 3.39. The van der Waals surface area contributed by atoms with E-state index < -0.39 is 0 Å². The van der Waals surface area contributed by atoms with E-state index in [0.29, 0.717) is 0 Å². The van der Waals surface area contributed by atoms with Gasteiger partial charge in [-0.15, -0.1) is 0 Å². The first-order valence-electron chi connectivity index (χ1n) is 5.16. The van der Waals surface area contributed by atoms with Crippen molar-refractivity contribution in [1.29, 1.82) is 0 Å². The Morgan fingerprint density at radius 3 is 3.00 bits per heavy atom. The van der Waals surface area contributed by atoms with E-state index in [9.17, 15) is 0 Å². The van der Waals surface area contributed by atoms with Crippen molar-refractivity contribution in [3.8, 4) is 0 Å². The van der Waals surface area contributed by atoms with E-state index in [2.05, 4.69) is 43.1 Å². The first-order valence-corrected chi connectivity index (χ1v) is 5.95. The average Bonchev–Trinajstić information content (AvgIpc) is 2.79. The van der Waals surface area contributed by atoms with E-state index >= 15 is 0 Å².